The number of para-hydroxylation sites is 2. The van der Waals surface area contributed by atoms with E-state index in [2.05, 4.69) is 0 Å². The summed E-state index contributed by atoms with van der Waals surface area (Å²) in [4.78, 5) is 11.4. The van der Waals surface area contributed by atoms with E-state index in [1.165, 1.54) is 0 Å². The van der Waals surface area contributed by atoms with Crippen molar-refractivity contribution in [2.24, 2.45) is 0 Å². The number of aryl methyl sites for hydroxylation is 1. The molecule has 3 aromatic rings. The molecule has 4 nitrogen and oxygen atoms in total. The highest BCUT2D eigenvalue weighted by Crippen LogP contribution is 2.26. The number of carbonyl (C=O) groups is 1. The van der Waals surface area contributed by atoms with E-state index in [1.807, 2.05) is 54.1 Å². The van der Waals surface area contributed by atoms with Crippen molar-refractivity contribution in [1.29, 1.82) is 0 Å². The smallest absolute Gasteiger partial charge is 0.337 e. The summed E-state index contributed by atoms with van der Waals surface area (Å²) in [5.41, 5.74) is 2.07. The van der Waals surface area contributed by atoms with Gasteiger partial charge < -0.3 is 14.4 Å². The lowest BCUT2D eigenvalue weighted by molar-refractivity contribution is 0.0698. The maximum Gasteiger partial charge on any atom is 0.337 e. The highest BCUT2D eigenvalue weighted by Gasteiger charge is 2.15. The van der Waals surface area contributed by atoms with Crippen molar-refractivity contribution in [3.63, 3.8) is 0 Å². The number of carboxylic acid groups (broad SMARTS) is 1. The summed E-state index contributed by atoms with van der Waals surface area (Å²) in [6, 6.07) is 15.0. The zero-order valence-electron chi connectivity index (χ0n) is 12.3. The van der Waals surface area contributed by atoms with Crippen LogP contribution in [0.4, 0.5) is 0 Å². The fraction of sp³-hybridized carbons (Fsp3) is 0.167. The fourth-order valence-corrected chi connectivity index (χ4v) is 2.65. The number of aromatic nitrogens is 1. The van der Waals surface area contributed by atoms with E-state index in [-0.39, 0.29) is 0 Å². The molecule has 3 rings (SSSR count). The van der Waals surface area contributed by atoms with E-state index < -0.39 is 5.97 Å². The molecule has 0 aliphatic heterocycles. The van der Waals surface area contributed by atoms with Gasteiger partial charge in [0.2, 0.25) is 0 Å². The van der Waals surface area contributed by atoms with Gasteiger partial charge in [-0.1, -0.05) is 30.3 Å². The van der Waals surface area contributed by atoms with Gasteiger partial charge in [0.05, 0.1) is 11.1 Å². The van der Waals surface area contributed by atoms with Crippen LogP contribution in [-0.2, 0) is 13.2 Å². The van der Waals surface area contributed by atoms with E-state index in [0.29, 0.717) is 18.7 Å². The first kappa shape index (κ1) is 14.2. The summed E-state index contributed by atoms with van der Waals surface area (Å²) in [6.07, 6.45) is 1.97. The van der Waals surface area contributed by atoms with Crippen molar-refractivity contribution >= 4 is 16.9 Å². The van der Waals surface area contributed by atoms with Crippen LogP contribution in [0.3, 0.4) is 0 Å². The van der Waals surface area contributed by atoms with Gasteiger partial charge in [-0.15, -0.1) is 0 Å². The first-order valence-corrected chi connectivity index (χ1v) is 7.22. The maximum atomic E-state index is 11.4. The molecule has 0 saturated carbocycles. The fourth-order valence-electron chi connectivity index (χ4n) is 2.65. The SMILES string of the molecule is CCn1cc(COc2ccccc2)c2cccc(C(=O)O)c21. The molecule has 0 saturated heterocycles. The zero-order chi connectivity index (χ0) is 15.5. The van der Waals surface area contributed by atoms with Crippen LogP contribution in [0.2, 0.25) is 0 Å². The highest BCUT2D eigenvalue weighted by molar-refractivity contribution is 6.03. The molecule has 0 aliphatic rings. The number of benzene rings is 2. The molecule has 0 radical (unpaired) electrons. The third-order valence-corrected chi connectivity index (χ3v) is 3.69. The lowest BCUT2D eigenvalue weighted by atomic mass is 10.1. The Kier molecular flexibility index (Phi) is 3.83. The number of hydrogen-bond donors (Lipinski definition) is 1. The van der Waals surface area contributed by atoms with Crippen LogP contribution in [0.1, 0.15) is 22.8 Å². The Labute approximate surface area is 128 Å². The van der Waals surface area contributed by atoms with Gasteiger partial charge in [0, 0.05) is 23.7 Å². The summed E-state index contributed by atoms with van der Waals surface area (Å²) < 4.78 is 7.76. The molecule has 0 fully saturated rings. The Bertz CT molecular complexity index is 806. The Morgan fingerprint density at radius 1 is 1.14 bits per heavy atom. The Hall–Kier alpha value is -2.75. The topological polar surface area (TPSA) is 51.5 Å². The summed E-state index contributed by atoms with van der Waals surface area (Å²) in [7, 11) is 0. The third kappa shape index (κ3) is 2.55. The molecule has 0 atom stereocenters. The van der Waals surface area contributed by atoms with Gasteiger partial charge in [0.15, 0.2) is 0 Å². The lowest BCUT2D eigenvalue weighted by Gasteiger charge is -2.05. The largest absolute Gasteiger partial charge is 0.489 e. The second-order valence-electron chi connectivity index (χ2n) is 5.05. The minimum Gasteiger partial charge on any atom is -0.489 e. The number of carboxylic acids is 1. The van der Waals surface area contributed by atoms with Crippen molar-refractivity contribution in [2.75, 3.05) is 0 Å². The van der Waals surface area contributed by atoms with Crippen molar-refractivity contribution in [1.82, 2.24) is 4.57 Å². The van der Waals surface area contributed by atoms with Crippen molar-refractivity contribution < 1.29 is 14.6 Å². The van der Waals surface area contributed by atoms with Gasteiger partial charge in [-0.25, -0.2) is 4.79 Å². The molecular formula is C18H17NO3. The molecule has 4 heteroatoms. The van der Waals surface area contributed by atoms with Crippen molar-refractivity contribution in [3.8, 4) is 5.75 Å². The molecule has 1 N–H and O–H groups in total. The van der Waals surface area contributed by atoms with Gasteiger partial charge in [-0.05, 0) is 25.1 Å². The van der Waals surface area contributed by atoms with Crippen LogP contribution in [0.15, 0.2) is 54.7 Å². The summed E-state index contributed by atoms with van der Waals surface area (Å²) in [5, 5.41) is 10.3. The Morgan fingerprint density at radius 2 is 1.91 bits per heavy atom. The number of aromatic carboxylic acids is 1. The zero-order valence-corrected chi connectivity index (χ0v) is 12.3. The molecule has 2 aromatic carbocycles. The van der Waals surface area contributed by atoms with Crippen LogP contribution in [0, 0.1) is 0 Å². The molecule has 22 heavy (non-hydrogen) atoms. The molecule has 0 spiro atoms. The average molecular weight is 295 g/mol. The minimum atomic E-state index is -0.908. The Morgan fingerprint density at radius 3 is 2.59 bits per heavy atom. The quantitative estimate of drug-likeness (QED) is 0.775. The second-order valence-corrected chi connectivity index (χ2v) is 5.05. The lowest BCUT2D eigenvalue weighted by Crippen LogP contribution is -2.01. The molecule has 0 unspecified atom stereocenters. The van der Waals surface area contributed by atoms with E-state index in [9.17, 15) is 9.90 Å². The summed E-state index contributed by atoms with van der Waals surface area (Å²) >= 11 is 0. The molecule has 0 amide bonds. The number of fused-ring (bicyclic) bond motifs is 1. The molecule has 0 aliphatic carbocycles. The highest BCUT2D eigenvalue weighted by atomic mass is 16.5. The van der Waals surface area contributed by atoms with Gasteiger partial charge in [-0.2, -0.15) is 0 Å². The molecular weight excluding hydrogens is 278 g/mol. The van der Waals surface area contributed by atoms with Crippen molar-refractivity contribution in [2.45, 2.75) is 20.1 Å². The van der Waals surface area contributed by atoms with E-state index in [0.717, 1.165) is 22.2 Å². The minimum absolute atomic E-state index is 0.324. The second kappa shape index (κ2) is 5.93. The van der Waals surface area contributed by atoms with E-state index in [1.54, 1.807) is 12.1 Å². The first-order chi connectivity index (χ1) is 10.7. The molecule has 1 heterocycles. The van der Waals surface area contributed by atoms with Crippen LogP contribution in [-0.4, -0.2) is 15.6 Å². The Balaban J connectivity index is 2.00. The van der Waals surface area contributed by atoms with Crippen LogP contribution in [0.5, 0.6) is 5.75 Å². The number of rotatable bonds is 5. The van der Waals surface area contributed by atoms with Crippen LogP contribution >= 0.6 is 0 Å². The predicted molar refractivity (Wildman–Crippen MR) is 85.3 cm³/mol. The number of hydrogen-bond acceptors (Lipinski definition) is 2. The molecule has 112 valence electrons. The average Bonchev–Trinajstić information content (AvgIpc) is 2.92. The summed E-state index contributed by atoms with van der Waals surface area (Å²) in [6.45, 7) is 3.13. The summed E-state index contributed by atoms with van der Waals surface area (Å²) in [5.74, 6) is -0.108. The normalized spacial score (nSPS) is 10.8. The van der Waals surface area contributed by atoms with Gasteiger partial charge in [-0.3, -0.25) is 0 Å². The van der Waals surface area contributed by atoms with E-state index >= 15 is 0 Å². The van der Waals surface area contributed by atoms with Gasteiger partial charge in [0.1, 0.15) is 12.4 Å². The molecule has 1 aromatic heterocycles. The van der Waals surface area contributed by atoms with Gasteiger partial charge in [0.25, 0.3) is 0 Å². The predicted octanol–water partition coefficient (Wildman–Crippen LogP) is 3.94. The van der Waals surface area contributed by atoms with Crippen molar-refractivity contribution in [3.05, 3.63) is 65.9 Å². The first-order valence-electron chi connectivity index (χ1n) is 7.22. The number of ether oxygens (including phenoxy) is 1. The van der Waals surface area contributed by atoms with Crippen LogP contribution < -0.4 is 4.74 Å². The number of nitrogens with zero attached hydrogens (tertiary/aromatic N) is 1. The van der Waals surface area contributed by atoms with E-state index in [4.69, 9.17) is 4.74 Å². The molecule has 0 bridgehead atoms. The maximum absolute atomic E-state index is 11.4. The standard InChI is InChI=1S/C18H17NO3/c1-2-19-11-13(12-22-14-7-4-3-5-8-14)15-9-6-10-16(17(15)19)18(20)21/h3-11H,2,12H2,1H3,(H,20,21). The van der Waals surface area contributed by atoms with Gasteiger partial charge >= 0.3 is 5.97 Å². The third-order valence-electron chi connectivity index (χ3n) is 3.69. The monoisotopic (exact) mass is 295 g/mol. The van der Waals surface area contributed by atoms with Crippen LogP contribution in [0.25, 0.3) is 10.9 Å².